The van der Waals surface area contributed by atoms with Gasteiger partial charge < -0.3 is 0 Å². The molecule has 0 atom stereocenters. The van der Waals surface area contributed by atoms with E-state index in [1.807, 2.05) is 6.92 Å². The van der Waals surface area contributed by atoms with Crippen LogP contribution in [0.4, 0.5) is 0 Å². The van der Waals surface area contributed by atoms with Gasteiger partial charge in [-0.3, -0.25) is 4.57 Å². The van der Waals surface area contributed by atoms with E-state index in [1.165, 1.54) is 4.57 Å². The van der Waals surface area contributed by atoms with E-state index in [1.54, 1.807) is 0 Å². The Morgan fingerprint density at radius 2 is 2.18 bits per heavy atom. The van der Waals surface area contributed by atoms with Gasteiger partial charge in [0.2, 0.25) is 5.28 Å². The van der Waals surface area contributed by atoms with Crippen LogP contribution < -0.4 is 5.69 Å². The summed E-state index contributed by atoms with van der Waals surface area (Å²) in [6.45, 7) is 2.31. The molecule has 0 aliphatic rings. The molecule has 0 unspecified atom stereocenters. The summed E-state index contributed by atoms with van der Waals surface area (Å²) in [5, 5.41) is 14.2. The van der Waals surface area contributed by atoms with E-state index in [9.17, 15) is 4.79 Å². The second kappa shape index (κ2) is 5.03. The van der Waals surface area contributed by atoms with Crippen LogP contribution in [0.3, 0.4) is 0 Å². The largest absolute Gasteiger partial charge is 0.343 e. The molecule has 0 aliphatic heterocycles. The molecule has 2 aromatic rings. The van der Waals surface area contributed by atoms with Crippen molar-refractivity contribution in [2.24, 2.45) is 0 Å². The first-order chi connectivity index (χ1) is 8.11. The molecule has 0 spiro atoms. The number of hydrogen-bond donors (Lipinski definition) is 1. The summed E-state index contributed by atoms with van der Waals surface area (Å²) < 4.78 is 1.44. The topological polar surface area (TPSA) is 89.3 Å². The summed E-state index contributed by atoms with van der Waals surface area (Å²) >= 11 is 12.5. The number of aromatic amines is 1. The average molecular weight is 293 g/mol. The van der Waals surface area contributed by atoms with Gasteiger partial charge in [-0.1, -0.05) is 11.6 Å². The Morgan fingerprint density at radius 3 is 2.88 bits per heavy atom. The predicted molar refractivity (Wildman–Crippen MR) is 62.5 cm³/mol. The maximum atomic E-state index is 11.3. The Bertz CT molecular complexity index is 596. The Hall–Kier alpha value is -1.12. The van der Waals surface area contributed by atoms with Crippen LogP contribution in [0.25, 0.3) is 0 Å². The van der Waals surface area contributed by atoms with Gasteiger partial charge in [0.15, 0.2) is 10.3 Å². The second-order valence-electron chi connectivity index (χ2n) is 2.83. The van der Waals surface area contributed by atoms with Crippen molar-refractivity contribution in [3.05, 3.63) is 20.9 Å². The molecular formula is C7H6Cl2N6OS. The van der Waals surface area contributed by atoms with Crippen molar-refractivity contribution in [2.75, 3.05) is 0 Å². The fraction of sp³-hybridized carbons (Fsp3) is 0.286. The van der Waals surface area contributed by atoms with E-state index in [-0.39, 0.29) is 16.1 Å². The molecule has 17 heavy (non-hydrogen) atoms. The number of halogens is 2. The van der Waals surface area contributed by atoms with E-state index < -0.39 is 0 Å². The van der Waals surface area contributed by atoms with Crippen molar-refractivity contribution >= 4 is 35.0 Å². The quantitative estimate of drug-likeness (QED) is 0.915. The zero-order valence-electron chi connectivity index (χ0n) is 8.52. The minimum absolute atomic E-state index is 0.0159. The highest BCUT2D eigenvalue weighted by Crippen LogP contribution is 2.28. The molecule has 2 aromatic heterocycles. The summed E-state index contributed by atoms with van der Waals surface area (Å²) in [6, 6.07) is 0. The Balaban J connectivity index is 2.37. The summed E-state index contributed by atoms with van der Waals surface area (Å²) in [6.07, 6.45) is 0. The number of hydrogen-bond acceptors (Lipinski definition) is 6. The molecule has 10 heteroatoms. The molecule has 0 saturated heterocycles. The van der Waals surface area contributed by atoms with E-state index in [2.05, 4.69) is 25.4 Å². The van der Waals surface area contributed by atoms with Crippen LogP contribution in [0.2, 0.25) is 10.4 Å². The molecular weight excluding hydrogens is 287 g/mol. The molecule has 0 radical (unpaired) electrons. The lowest BCUT2D eigenvalue weighted by atomic mass is 10.7. The molecule has 0 fully saturated rings. The maximum absolute atomic E-state index is 11.3. The zero-order chi connectivity index (χ0) is 12.4. The normalized spacial score (nSPS) is 10.8. The molecule has 0 amide bonds. The molecule has 0 aliphatic carbocycles. The van der Waals surface area contributed by atoms with E-state index in [4.69, 9.17) is 23.2 Å². The Morgan fingerprint density at radius 1 is 1.41 bits per heavy atom. The van der Waals surface area contributed by atoms with E-state index in [0.29, 0.717) is 16.7 Å². The summed E-state index contributed by atoms with van der Waals surface area (Å²) in [7, 11) is 0. The number of nitrogens with zero attached hydrogens (tertiary/aromatic N) is 5. The molecule has 7 nitrogen and oxygen atoms in total. The van der Waals surface area contributed by atoms with Crippen molar-refractivity contribution in [1.29, 1.82) is 0 Å². The fourth-order valence-corrected chi connectivity index (χ4v) is 2.30. The van der Waals surface area contributed by atoms with Gasteiger partial charge in [-0.05, 0) is 30.3 Å². The number of nitrogens with one attached hydrogen (secondary N) is 1. The van der Waals surface area contributed by atoms with Gasteiger partial charge in [0.05, 0.1) is 0 Å². The van der Waals surface area contributed by atoms with Crippen LogP contribution in [0, 0.1) is 0 Å². The van der Waals surface area contributed by atoms with Crippen LogP contribution in [0.5, 0.6) is 0 Å². The monoisotopic (exact) mass is 292 g/mol. The molecule has 1 N–H and O–H groups in total. The third-order valence-corrected chi connectivity index (χ3v) is 3.32. The first-order valence-corrected chi connectivity index (χ1v) is 6.07. The lowest BCUT2D eigenvalue weighted by Crippen LogP contribution is -2.16. The maximum Gasteiger partial charge on any atom is 0.343 e. The fourth-order valence-electron chi connectivity index (χ4n) is 1.09. The van der Waals surface area contributed by atoms with Crippen LogP contribution in [0.15, 0.2) is 15.0 Å². The van der Waals surface area contributed by atoms with Crippen LogP contribution >= 0.6 is 35.0 Å². The smallest absolute Gasteiger partial charge is 0.270 e. The molecule has 0 saturated carbocycles. The van der Waals surface area contributed by atoms with Gasteiger partial charge in [0.25, 0.3) is 0 Å². The van der Waals surface area contributed by atoms with Gasteiger partial charge in [0, 0.05) is 6.54 Å². The van der Waals surface area contributed by atoms with Gasteiger partial charge in [-0.2, -0.15) is 0 Å². The molecule has 90 valence electrons. The van der Waals surface area contributed by atoms with Crippen molar-refractivity contribution in [1.82, 2.24) is 29.9 Å². The third-order valence-electron chi connectivity index (χ3n) is 1.82. The van der Waals surface area contributed by atoms with Crippen molar-refractivity contribution in [3.63, 3.8) is 0 Å². The minimum Gasteiger partial charge on any atom is -0.270 e. The summed E-state index contributed by atoms with van der Waals surface area (Å²) in [5.41, 5.74) is -0.292. The Labute approximate surface area is 110 Å². The number of rotatable bonds is 3. The minimum atomic E-state index is -0.292. The zero-order valence-corrected chi connectivity index (χ0v) is 10.8. The number of aromatic nitrogens is 6. The lowest BCUT2D eigenvalue weighted by Gasteiger charge is -2.02. The molecule has 2 heterocycles. The molecule has 2 rings (SSSR count). The predicted octanol–water partition coefficient (Wildman–Crippen LogP) is 1.23. The van der Waals surface area contributed by atoms with Crippen LogP contribution in [0.1, 0.15) is 6.92 Å². The van der Waals surface area contributed by atoms with E-state index >= 15 is 0 Å². The SMILES string of the molecule is CCn1c(Sc2nc(Cl)nnc2Cl)n[nH]c1=O. The van der Waals surface area contributed by atoms with Crippen LogP contribution in [-0.2, 0) is 6.54 Å². The average Bonchev–Trinajstić information content (AvgIpc) is 2.64. The standard InChI is InChI=1S/C7H6Cl2N6OS/c1-2-15-6(16)13-14-7(15)17-4-3(8)11-12-5(9)10-4/h2H2,1H3,(H,13,16). The number of H-pyrrole nitrogens is 1. The van der Waals surface area contributed by atoms with Crippen molar-refractivity contribution < 1.29 is 0 Å². The van der Waals surface area contributed by atoms with Crippen molar-refractivity contribution in [2.45, 2.75) is 23.7 Å². The van der Waals surface area contributed by atoms with E-state index in [0.717, 1.165) is 11.8 Å². The van der Waals surface area contributed by atoms with Gasteiger partial charge in [-0.25, -0.2) is 14.9 Å². The molecule has 0 bridgehead atoms. The van der Waals surface area contributed by atoms with Crippen molar-refractivity contribution in [3.8, 4) is 0 Å². The third kappa shape index (κ3) is 2.59. The highest BCUT2D eigenvalue weighted by atomic mass is 35.5. The Kier molecular flexibility index (Phi) is 3.65. The second-order valence-corrected chi connectivity index (χ2v) is 4.49. The summed E-state index contributed by atoms with van der Waals surface area (Å²) in [4.78, 5) is 15.2. The summed E-state index contributed by atoms with van der Waals surface area (Å²) in [5.74, 6) is 0. The lowest BCUT2D eigenvalue weighted by molar-refractivity contribution is 0.659. The van der Waals surface area contributed by atoms with Gasteiger partial charge in [0.1, 0.15) is 5.03 Å². The van der Waals surface area contributed by atoms with Gasteiger partial charge in [-0.15, -0.1) is 15.3 Å². The first-order valence-electron chi connectivity index (χ1n) is 4.50. The molecule has 0 aromatic carbocycles. The first kappa shape index (κ1) is 12.3. The highest BCUT2D eigenvalue weighted by molar-refractivity contribution is 7.99. The highest BCUT2D eigenvalue weighted by Gasteiger charge is 2.13. The van der Waals surface area contributed by atoms with Gasteiger partial charge >= 0.3 is 5.69 Å². The van der Waals surface area contributed by atoms with Crippen LogP contribution in [-0.4, -0.2) is 29.9 Å².